The van der Waals surface area contributed by atoms with Crippen molar-refractivity contribution in [1.82, 2.24) is 19.2 Å². The Morgan fingerprint density at radius 1 is 1.03 bits per heavy atom. The number of hydrogen-bond donors (Lipinski definition) is 0. The van der Waals surface area contributed by atoms with Gasteiger partial charge in [0.15, 0.2) is 0 Å². The number of halogens is 2. The molecular formula is C26H24ClFN4O2. The lowest BCUT2D eigenvalue weighted by Gasteiger charge is -2.35. The van der Waals surface area contributed by atoms with Crippen LogP contribution in [0.4, 0.5) is 4.39 Å². The van der Waals surface area contributed by atoms with Crippen LogP contribution in [0.1, 0.15) is 21.6 Å². The summed E-state index contributed by atoms with van der Waals surface area (Å²) >= 11 is 6.16. The van der Waals surface area contributed by atoms with Gasteiger partial charge in [-0.05, 0) is 42.5 Å². The van der Waals surface area contributed by atoms with E-state index in [1.807, 2.05) is 52.0 Å². The number of aromatic nitrogens is 2. The van der Waals surface area contributed by atoms with Gasteiger partial charge in [0.1, 0.15) is 23.8 Å². The maximum absolute atomic E-state index is 14.1. The molecule has 34 heavy (non-hydrogen) atoms. The molecule has 1 aliphatic heterocycles. The smallest absolute Gasteiger partial charge is 0.254 e. The minimum atomic E-state index is -0.300. The van der Waals surface area contributed by atoms with E-state index in [0.717, 1.165) is 11.3 Å². The second kappa shape index (κ2) is 9.83. The molecule has 0 unspecified atom stereocenters. The first-order chi connectivity index (χ1) is 16.6. The van der Waals surface area contributed by atoms with Gasteiger partial charge in [-0.2, -0.15) is 0 Å². The third-order valence-corrected chi connectivity index (χ3v) is 6.34. The van der Waals surface area contributed by atoms with Crippen LogP contribution in [0.5, 0.6) is 5.75 Å². The first kappa shape index (κ1) is 22.4. The van der Waals surface area contributed by atoms with Gasteiger partial charge in [0, 0.05) is 61.3 Å². The van der Waals surface area contributed by atoms with E-state index in [-0.39, 0.29) is 11.7 Å². The maximum Gasteiger partial charge on any atom is 0.254 e. The summed E-state index contributed by atoms with van der Waals surface area (Å²) in [6.07, 6.45) is 3.87. The first-order valence-electron chi connectivity index (χ1n) is 11.2. The second-order valence-electron chi connectivity index (χ2n) is 8.28. The van der Waals surface area contributed by atoms with Crippen molar-refractivity contribution in [1.29, 1.82) is 0 Å². The molecule has 2 aromatic heterocycles. The normalized spacial score (nSPS) is 14.5. The van der Waals surface area contributed by atoms with Crippen molar-refractivity contribution in [3.8, 4) is 5.75 Å². The van der Waals surface area contributed by atoms with Crippen molar-refractivity contribution in [3.63, 3.8) is 0 Å². The fourth-order valence-electron chi connectivity index (χ4n) is 4.13. The van der Waals surface area contributed by atoms with E-state index in [1.54, 1.807) is 24.3 Å². The molecule has 2 aromatic carbocycles. The van der Waals surface area contributed by atoms with Crippen molar-refractivity contribution < 1.29 is 13.9 Å². The van der Waals surface area contributed by atoms with Crippen molar-refractivity contribution >= 4 is 23.2 Å². The molecule has 0 N–H and O–H groups in total. The Hall–Kier alpha value is -3.42. The summed E-state index contributed by atoms with van der Waals surface area (Å²) in [5.74, 6) is 0.281. The van der Waals surface area contributed by atoms with Gasteiger partial charge in [-0.25, -0.2) is 9.37 Å². The molecule has 1 fully saturated rings. The number of amides is 1. The van der Waals surface area contributed by atoms with Crippen LogP contribution in [0.25, 0.3) is 5.65 Å². The number of piperazine rings is 1. The highest BCUT2D eigenvalue weighted by Gasteiger charge is 2.23. The summed E-state index contributed by atoms with van der Waals surface area (Å²) in [6, 6.07) is 17.8. The van der Waals surface area contributed by atoms with Gasteiger partial charge in [-0.1, -0.05) is 29.8 Å². The molecule has 6 nitrogen and oxygen atoms in total. The number of fused-ring (bicyclic) bond motifs is 1. The highest BCUT2D eigenvalue weighted by Crippen LogP contribution is 2.22. The van der Waals surface area contributed by atoms with Crippen LogP contribution >= 0.6 is 11.6 Å². The average Bonchev–Trinajstić information content (AvgIpc) is 3.28. The van der Waals surface area contributed by atoms with E-state index in [9.17, 15) is 9.18 Å². The Labute approximate surface area is 202 Å². The SMILES string of the molecule is O=C(c1cccc(OCc2cn3ccccc3n2)c1)N1CCN(Cc2c(F)cccc2Cl)CC1. The van der Waals surface area contributed by atoms with Gasteiger partial charge in [-0.3, -0.25) is 9.69 Å². The molecule has 0 atom stereocenters. The predicted octanol–water partition coefficient (Wildman–Crippen LogP) is 4.66. The summed E-state index contributed by atoms with van der Waals surface area (Å²) < 4.78 is 21.9. The lowest BCUT2D eigenvalue weighted by Crippen LogP contribution is -2.48. The van der Waals surface area contributed by atoms with Crippen molar-refractivity contribution in [2.75, 3.05) is 26.2 Å². The fourth-order valence-corrected chi connectivity index (χ4v) is 4.35. The highest BCUT2D eigenvalue weighted by atomic mass is 35.5. The second-order valence-corrected chi connectivity index (χ2v) is 8.69. The number of carbonyl (C=O) groups excluding carboxylic acids is 1. The monoisotopic (exact) mass is 478 g/mol. The highest BCUT2D eigenvalue weighted by molar-refractivity contribution is 6.31. The number of imidazole rings is 1. The van der Waals surface area contributed by atoms with Gasteiger partial charge >= 0.3 is 0 Å². The zero-order valence-electron chi connectivity index (χ0n) is 18.5. The zero-order valence-corrected chi connectivity index (χ0v) is 19.3. The van der Waals surface area contributed by atoms with Crippen molar-refractivity contribution in [2.24, 2.45) is 0 Å². The predicted molar refractivity (Wildman–Crippen MR) is 129 cm³/mol. The molecule has 0 radical (unpaired) electrons. The van der Waals surface area contributed by atoms with Gasteiger partial charge in [0.2, 0.25) is 0 Å². The zero-order chi connectivity index (χ0) is 23.5. The fraction of sp³-hybridized carbons (Fsp3) is 0.231. The van der Waals surface area contributed by atoms with Crippen molar-refractivity contribution in [2.45, 2.75) is 13.2 Å². The first-order valence-corrected chi connectivity index (χ1v) is 11.5. The average molecular weight is 479 g/mol. The molecular weight excluding hydrogens is 455 g/mol. The maximum atomic E-state index is 14.1. The number of carbonyl (C=O) groups is 1. The lowest BCUT2D eigenvalue weighted by atomic mass is 10.1. The Bertz CT molecular complexity index is 1260. The largest absolute Gasteiger partial charge is 0.487 e. The molecule has 1 amide bonds. The Kier molecular flexibility index (Phi) is 6.47. The van der Waals surface area contributed by atoms with Crippen LogP contribution in [-0.2, 0) is 13.2 Å². The van der Waals surface area contributed by atoms with Crippen LogP contribution in [0.15, 0.2) is 73.1 Å². The summed E-state index contributed by atoms with van der Waals surface area (Å²) in [6.45, 7) is 3.19. The Balaban J connectivity index is 1.18. The van der Waals surface area contributed by atoms with E-state index in [0.29, 0.717) is 61.2 Å². The molecule has 4 aromatic rings. The summed E-state index contributed by atoms with van der Waals surface area (Å²) in [5.41, 5.74) is 2.76. The van der Waals surface area contributed by atoms with E-state index < -0.39 is 0 Å². The van der Waals surface area contributed by atoms with Gasteiger partial charge < -0.3 is 14.0 Å². The molecule has 0 saturated carbocycles. The summed E-state index contributed by atoms with van der Waals surface area (Å²) in [7, 11) is 0. The molecule has 3 heterocycles. The van der Waals surface area contributed by atoms with Gasteiger partial charge in [0.05, 0.1) is 5.69 Å². The van der Waals surface area contributed by atoms with Crippen LogP contribution in [0.2, 0.25) is 5.02 Å². The van der Waals surface area contributed by atoms with Crippen LogP contribution in [0.3, 0.4) is 0 Å². The third-order valence-electron chi connectivity index (χ3n) is 5.98. The molecule has 1 saturated heterocycles. The van der Waals surface area contributed by atoms with Gasteiger partial charge in [0.25, 0.3) is 5.91 Å². The Morgan fingerprint density at radius 2 is 1.85 bits per heavy atom. The molecule has 174 valence electrons. The number of rotatable bonds is 6. The van der Waals surface area contributed by atoms with Crippen molar-refractivity contribution in [3.05, 3.63) is 101 Å². The summed E-state index contributed by atoms with van der Waals surface area (Å²) in [5, 5.41) is 0.430. The third kappa shape index (κ3) is 4.90. The van der Waals surface area contributed by atoms with Gasteiger partial charge in [-0.15, -0.1) is 0 Å². The molecule has 0 bridgehead atoms. The molecule has 0 spiro atoms. The summed E-state index contributed by atoms with van der Waals surface area (Å²) in [4.78, 5) is 21.5. The van der Waals surface area contributed by atoms with Crippen LogP contribution < -0.4 is 4.74 Å². The van der Waals surface area contributed by atoms with Crippen LogP contribution in [0, 0.1) is 5.82 Å². The number of pyridine rings is 1. The number of nitrogens with zero attached hydrogens (tertiary/aromatic N) is 4. The lowest BCUT2D eigenvalue weighted by molar-refractivity contribution is 0.0626. The minimum absolute atomic E-state index is 0.0400. The quantitative estimate of drug-likeness (QED) is 0.404. The topological polar surface area (TPSA) is 50.1 Å². The standard InChI is InChI=1S/C26H24ClFN4O2/c27-23-7-4-8-24(28)22(23)17-30-11-13-31(14-12-30)26(33)19-5-3-6-21(15-19)34-18-20-16-32-10-2-1-9-25(32)29-20/h1-10,15-16H,11-14,17-18H2. The van der Waals surface area contributed by atoms with E-state index in [2.05, 4.69) is 9.88 Å². The van der Waals surface area contributed by atoms with E-state index in [1.165, 1.54) is 6.07 Å². The molecule has 8 heteroatoms. The molecule has 0 aliphatic carbocycles. The molecule has 5 rings (SSSR count). The Morgan fingerprint density at radius 3 is 2.65 bits per heavy atom. The molecule has 1 aliphatic rings. The number of ether oxygens (including phenoxy) is 1. The van der Waals surface area contributed by atoms with Crippen LogP contribution in [-0.4, -0.2) is 51.3 Å². The minimum Gasteiger partial charge on any atom is -0.487 e. The van der Waals surface area contributed by atoms with E-state index in [4.69, 9.17) is 16.3 Å². The number of benzene rings is 2. The van der Waals surface area contributed by atoms with E-state index >= 15 is 0 Å². The number of hydrogen-bond acceptors (Lipinski definition) is 4.